The molecule has 3 heteroatoms. The third-order valence-electron chi connectivity index (χ3n) is 3.42. The molecule has 0 saturated heterocycles. The fourth-order valence-electron chi connectivity index (χ4n) is 2.29. The van der Waals surface area contributed by atoms with Gasteiger partial charge in [0.05, 0.1) is 0 Å². The summed E-state index contributed by atoms with van der Waals surface area (Å²) >= 11 is 0. The number of rotatable bonds is 4. The lowest BCUT2D eigenvalue weighted by atomic mass is 10.1. The van der Waals surface area contributed by atoms with Crippen LogP contribution in [0.4, 0.5) is 4.39 Å². The minimum Gasteiger partial charge on any atom is -0.347 e. The summed E-state index contributed by atoms with van der Waals surface area (Å²) in [5.41, 5.74) is 2.33. The van der Waals surface area contributed by atoms with E-state index in [9.17, 15) is 4.39 Å². The van der Waals surface area contributed by atoms with Crippen molar-refractivity contribution < 1.29 is 4.39 Å². The first kappa shape index (κ1) is 10.8. The van der Waals surface area contributed by atoms with Gasteiger partial charge in [-0.15, -0.1) is 0 Å². The predicted molar refractivity (Wildman–Crippen MR) is 67.4 cm³/mol. The van der Waals surface area contributed by atoms with Crippen molar-refractivity contribution in [1.82, 2.24) is 9.88 Å². The molecule has 0 spiro atoms. The molecule has 0 atom stereocenters. The van der Waals surface area contributed by atoms with Crippen LogP contribution in [0, 0.1) is 5.82 Å². The van der Waals surface area contributed by atoms with E-state index in [0.717, 1.165) is 24.0 Å². The molecule has 90 valence electrons. The van der Waals surface area contributed by atoms with Crippen LogP contribution < -0.4 is 5.32 Å². The first-order valence-electron chi connectivity index (χ1n) is 6.28. The lowest BCUT2D eigenvalue weighted by Gasteiger charge is -2.00. The molecule has 1 N–H and O–H groups in total. The molecular weight excluding hydrogens is 215 g/mol. The zero-order valence-corrected chi connectivity index (χ0v) is 10.0. The average molecular weight is 232 g/mol. The minimum absolute atomic E-state index is 0.154. The fourth-order valence-corrected chi connectivity index (χ4v) is 2.29. The van der Waals surface area contributed by atoms with Gasteiger partial charge < -0.3 is 9.88 Å². The topological polar surface area (TPSA) is 17.0 Å². The minimum atomic E-state index is -0.154. The van der Waals surface area contributed by atoms with E-state index < -0.39 is 0 Å². The SMILES string of the molecule is CCn1cc(CNC2CC2)c2cc(F)ccc21. The zero-order valence-electron chi connectivity index (χ0n) is 10.0. The number of hydrogen-bond acceptors (Lipinski definition) is 1. The Kier molecular flexibility index (Phi) is 2.63. The lowest BCUT2D eigenvalue weighted by Crippen LogP contribution is -2.14. The molecule has 1 aromatic carbocycles. The Morgan fingerprint density at radius 1 is 1.41 bits per heavy atom. The van der Waals surface area contributed by atoms with E-state index in [0.29, 0.717) is 6.04 Å². The largest absolute Gasteiger partial charge is 0.347 e. The van der Waals surface area contributed by atoms with Crippen molar-refractivity contribution in [2.24, 2.45) is 0 Å². The highest BCUT2D eigenvalue weighted by Crippen LogP contribution is 2.24. The third kappa shape index (κ3) is 2.07. The summed E-state index contributed by atoms with van der Waals surface area (Å²) in [7, 11) is 0. The number of benzene rings is 1. The van der Waals surface area contributed by atoms with Crippen molar-refractivity contribution >= 4 is 10.9 Å². The molecule has 0 aliphatic heterocycles. The van der Waals surface area contributed by atoms with Crippen LogP contribution in [0.25, 0.3) is 10.9 Å². The summed E-state index contributed by atoms with van der Waals surface area (Å²) in [6.45, 7) is 3.88. The van der Waals surface area contributed by atoms with Crippen molar-refractivity contribution in [1.29, 1.82) is 0 Å². The summed E-state index contributed by atoms with van der Waals surface area (Å²) < 4.78 is 15.5. The molecule has 2 nitrogen and oxygen atoms in total. The molecule has 1 aliphatic rings. The highest BCUT2D eigenvalue weighted by molar-refractivity contribution is 5.84. The predicted octanol–water partition coefficient (Wildman–Crippen LogP) is 3.05. The monoisotopic (exact) mass is 232 g/mol. The van der Waals surface area contributed by atoms with Gasteiger partial charge in [0.2, 0.25) is 0 Å². The van der Waals surface area contributed by atoms with Crippen molar-refractivity contribution in [2.75, 3.05) is 0 Å². The quantitative estimate of drug-likeness (QED) is 0.857. The zero-order chi connectivity index (χ0) is 11.8. The number of nitrogens with one attached hydrogen (secondary N) is 1. The van der Waals surface area contributed by atoms with Gasteiger partial charge in [0.15, 0.2) is 0 Å². The van der Waals surface area contributed by atoms with Gasteiger partial charge in [-0.2, -0.15) is 0 Å². The van der Waals surface area contributed by atoms with E-state index in [-0.39, 0.29) is 5.82 Å². The second kappa shape index (κ2) is 4.15. The first-order valence-corrected chi connectivity index (χ1v) is 6.28. The van der Waals surface area contributed by atoms with Gasteiger partial charge in [-0.3, -0.25) is 0 Å². The Balaban J connectivity index is 1.99. The fraction of sp³-hybridized carbons (Fsp3) is 0.429. The number of fused-ring (bicyclic) bond motifs is 1. The maximum atomic E-state index is 13.3. The molecule has 1 aliphatic carbocycles. The van der Waals surface area contributed by atoms with Gasteiger partial charge in [-0.25, -0.2) is 4.39 Å². The van der Waals surface area contributed by atoms with Crippen LogP contribution in [0.15, 0.2) is 24.4 Å². The second-order valence-corrected chi connectivity index (χ2v) is 4.76. The van der Waals surface area contributed by atoms with E-state index in [1.54, 1.807) is 6.07 Å². The number of nitrogens with zero attached hydrogens (tertiary/aromatic N) is 1. The maximum absolute atomic E-state index is 13.3. The third-order valence-corrected chi connectivity index (χ3v) is 3.42. The lowest BCUT2D eigenvalue weighted by molar-refractivity contribution is 0.629. The van der Waals surface area contributed by atoms with Crippen molar-refractivity contribution in [3.63, 3.8) is 0 Å². The average Bonchev–Trinajstić information content (AvgIpc) is 3.09. The van der Waals surface area contributed by atoms with Crippen LogP contribution in [-0.4, -0.2) is 10.6 Å². The number of aromatic nitrogens is 1. The highest BCUT2D eigenvalue weighted by atomic mass is 19.1. The smallest absolute Gasteiger partial charge is 0.123 e. The van der Waals surface area contributed by atoms with Crippen LogP contribution in [0.1, 0.15) is 25.3 Å². The molecule has 0 amide bonds. The Hall–Kier alpha value is -1.35. The molecule has 3 rings (SSSR count). The van der Waals surface area contributed by atoms with E-state index in [1.807, 2.05) is 6.07 Å². The van der Waals surface area contributed by atoms with Gasteiger partial charge in [0.25, 0.3) is 0 Å². The van der Waals surface area contributed by atoms with E-state index >= 15 is 0 Å². The highest BCUT2D eigenvalue weighted by Gasteiger charge is 2.20. The standard InChI is InChI=1S/C14H17FN2/c1-2-17-9-10(8-16-12-4-5-12)13-7-11(15)3-6-14(13)17/h3,6-7,9,12,16H,2,4-5,8H2,1H3. The normalized spacial score (nSPS) is 15.6. The number of aryl methyl sites for hydroxylation is 1. The van der Waals surface area contributed by atoms with Gasteiger partial charge in [-0.1, -0.05) is 0 Å². The van der Waals surface area contributed by atoms with Gasteiger partial charge >= 0.3 is 0 Å². The van der Waals surface area contributed by atoms with Crippen LogP contribution in [0.5, 0.6) is 0 Å². The van der Waals surface area contributed by atoms with Crippen molar-refractivity contribution in [3.8, 4) is 0 Å². The molecule has 2 aromatic rings. The summed E-state index contributed by atoms with van der Waals surface area (Å²) in [5, 5.41) is 4.53. The summed E-state index contributed by atoms with van der Waals surface area (Å²) in [4.78, 5) is 0. The van der Waals surface area contributed by atoms with Crippen molar-refractivity contribution in [2.45, 2.75) is 38.9 Å². The summed E-state index contributed by atoms with van der Waals surface area (Å²) in [5.74, 6) is -0.154. The van der Waals surface area contributed by atoms with E-state index in [4.69, 9.17) is 0 Å². The van der Waals surface area contributed by atoms with Gasteiger partial charge in [0.1, 0.15) is 5.82 Å². The first-order chi connectivity index (χ1) is 8.28. The summed E-state index contributed by atoms with van der Waals surface area (Å²) in [6.07, 6.45) is 4.70. The van der Waals surface area contributed by atoms with Gasteiger partial charge in [0, 0.05) is 36.2 Å². The molecule has 1 saturated carbocycles. The second-order valence-electron chi connectivity index (χ2n) is 4.76. The Morgan fingerprint density at radius 2 is 2.24 bits per heavy atom. The molecule has 1 fully saturated rings. The maximum Gasteiger partial charge on any atom is 0.123 e. The van der Waals surface area contributed by atoms with E-state index in [1.165, 1.54) is 24.5 Å². The van der Waals surface area contributed by atoms with Crippen LogP contribution in [-0.2, 0) is 13.1 Å². The molecule has 0 bridgehead atoms. The summed E-state index contributed by atoms with van der Waals surface area (Å²) in [6, 6.07) is 5.73. The molecule has 1 aromatic heterocycles. The van der Waals surface area contributed by atoms with Crippen LogP contribution in [0.2, 0.25) is 0 Å². The Labute approximate surface area is 100 Å². The molecule has 1 heterocycles. The Bertz CT molecular complexity index is 540. The number of hydrogen-bond donors (Lipinski definition) is 1. The molecule has 0 radical (unpaired) electrons. The van der Waals surface area contributed by atoms with E-state index in [2.05, 4.69) is 23.0 Å². The van der Waals surface area contributed by atoms with Crippen LogP contribution in [0.3, 0.4) is 0 Å². The molecule has 17 heavy (non-hydrogen) atoms. The van der Waals surface area contributed by atoms with Gasteiger partial charge in [-0.05, 0) is 43.5 Å². The van der Waals surface area contributed by atoms with Crippen molar-refractivity contribution in [3.05, 3.63) is 35.8 Å². The number of halogens is 1. The van der Waals surface area contributed by atoms with Crippen LogP contribution >= 0.6 is 0 Å². The molecular formula is C14H17FN2. The molecule has 0 unspecified atom stereocenters. The Morgan fingerprint density at radius 3 is 2.94 bits per heavy atom.